The summed E-state index contributed by atoms with van der Waals surface area (Å²) >= 11 is 4.33. The summed E-state index contributed by atoms with van der Waals surface area (Å²) in [5, 5.41) is 0. The average molecular weight is 160 g/mol. The molecule has 0 aromatic heterocycles. The zero-order valence-corrected chi connectivity index (χ0v) is 7.66. The topological polar surface area (TPSA) is 9.23 Å². The highest BCUT2D eigenvalue weighted by Crippen LogP contribution is 2.35. The van der Waals surface area contributed by atoms with Crippen LogP contribution in [-0.4, -0.2) is 19.0 Å². The maximum absolute atomic E-state index is 5.18. The van der Waals surface area contributed by atoms with Gasteiger partial charge in [0.1, 0.15) is 0 Å². The van der Waals surface area contributed by atoms with Crippen molar-refractivity contribution in [3.8, 4) is 0 Å². The van der Waals surface area contributed by atoms with Crippen molar-refractivity contribution in [2.45, 2.75) is 20.3 Å². The average Bonchev–Trinajstić information content (AvgIpc) is 1.78. The van der Waals surface area contributed by atoms with Gasteiger partial charge in [0.15, 0.2) is 0 Å². The second kappa shape index (κ2) is 3.14. The normalized spacial score (nSPS) is 22.8. The number of ether oxygens (including phenoxy) is 1. The fraction of sp³-hybridized carbons (Fsp3) is 1.00. The fourth-order valence-electron chi connectivity index (χ4n) is 1.53. The largest absolute Gasteiger partial charge is 0.380 e. The first-order chi connectivity index (χ1) is 4.68. The minimum Gasteiger partial charge on any atom is -0.380 e. The SMILES string of the molecule is CC(C)CC1(CS)COC1. The lowest BCUT2D eigenvalue weighted by molar-refractivity contribution is -0.107. The molecule has 0 bridgehead atoms. The first-order valence-corrected chi connectivity index (χ1v) is 4.50. The van der Waals surface area contributed by atoms with Crippen LogP contribution in [0.4, 0.5) is 0 Å². The first-order valence-electron chi connectivity index (χ1n) is 3.87. The molecule has 10 heavy (non-hydrogen) atoms. The molecule has 1 heterocycles. The molecular weight excluding hydrogens is 144 g/mol. The molecule has 0 aliphatic carbocycles. The smallest absolute Gasteiger partial charge is 0.0552 e. The van der Waals surface area contributed by atoms with E-state index in [9.17, 15) is 0 Å². The second-order valence-corrected chi connectivity index (χ2v) is 4.07. The van der Waals surface area contributed by atoms with Crippen molar-refractivity contribution in [3.63, 3.8) is 0 Å². The third-order valence-corrected chi connectivity index (χ3v) is 2.66. The number of thiol groups is 1. The van der Waals surface area contributed by atoms with Gasteiger partial charge in [-0.05, 0) is 12.3 Å². The van der Waals surface area contributed by atoms with Crippen molar-refractivity contribution < 1.29 is 4.74 Å². The van der Waals surface area contributed by atoms with Crippen molar-refractivity contribution >= 4 is 12.6 Å². The standard InChI is InChI=1S/C8H16OS/c1-7(2)3-8(6-10)4-9-5-8/h7,10H,3-6H2,1-2H3. The minimum absolute atomic E-state index is 0.428. The van der Waals surface area contributed by atoms with Crippen LogP contribution >= 0.6 is 12.6 Å². The fourth-order valence-corrected chi connectivity index (χ4v) is 1.84. The molecule has 0 N–H and O–H groups in total. The van der Waals surface area contributed by atoms with Crippen LogP contribution in [0.2, 0.25) is 0 Å². The van der Waals surface area contributed by atoms with Crippen LogP contribution in [0, 0.1) is 11.3 Å². The van der Waals surface area contributed by atoms with Crippen molar-refractivity contribution in [1.82, 2.24) is 0 Å². The Hall–Kier alpha value is 0.310. The van der Waals surface area contributed by atoms with Gasteiger partial charge in [-0.15, -0.1) is 0 Å². The summed E-state index contributed by atoms with van der Waals surface area (Å²) in [5.41, 5.74) is 0.428. The quantitative estimate of drug-likeness (QED) is 0.621. The van der Waals surface area contributed by atoms with E-state index in [1.54, 1.807) is 0 Å². The molecule has 0 radical (unpaired) electrons. The van der Waals surface area contributed by atoms with Gasteiger partial charge in [-0.3, -0.25) is 0 Å². The molecule has 1 aliphatic rings. The second-order valence-electron chi connectivity index (χ2n) is 3.75. The molecule has 0 atom stereocenters. The Balaban J connectivity index is 2.33. The molecule has 1 fully saturated rings. The van der Waals surface area contributed by atoms with Crippen LogP contribution in [0.3, 0.4) is 0 Å². The Morgan fingerprint density at radius 3 is 2.20 bits per heavy atom. The van der Waals surface area contributed by atoms with E-state index in [-0.39, 0.29) is 0 Å². The first kappa shape index (κ1) is 8.41. The van der Waals surface area contributed by atoms with Crippen molar-refractivity contribution in [1.29, 1.82) is 0 Å². The molecule has 1 saturated heterocycles. The summed E-state index contributed by atoms with van der Waals surface area (Å²) in [6.07, 6.45) is 1.26. The van der Waals surface area contributed by atoms with Crippen LogP contribution in [0.15, 0.2) is 0 Å². The highest BCUT2D eigenvalue weighted by molar-refractivity contribution is 7.80. The summed E-state index contributed by atoms with van der Waals surface area (Å²) in [6, 6.07) is 0. The monoisotopic (exact) mass is 160 g/mol. The molecule has 1 rings (SSSR count). The molecular formula is C8H16OS. The van der Waals surface area contributed by atoms with E-state index in [1.807, 2.05) is 0 Å². The molecule has 1 aliphatic heterocycles. The van der Waals surface area contributed by atoms with Gasteiger partial charge in [-0.25, -0.2) is 0 Å². The van der Waals surface area contributed by atoms with E-state index in [0.717, 1.165) is 24.9 Å². The van der Waals surface area contributed by atoms with Gasteiger partial charge >= 0.3 is 0 Å². The third-order valence-electron chi connectivity index (χ3n) is 1.99. The van der Waals surface area contributed by atoms with Crippen LogP contribution in [0.1, 0.15) is 20.3 Å². The predicted octanol–water partition coefficient (Wildman–Crippen LogP) is 1.98. The summed E-state index contributed by atoms with van der Waals surface area (Å²) in [4.78, 5) is 0. The summed E-state index contributed by atoms with van der Waals surface area (Å²) in [5.74, 6) is 1.75. The Bertz CT molecular complexity index is 102. The van der Waals surface area contributed by atoms with Crippen molar-refractivity contribution in [3.05, 3.63) is 0 Å². The summed E-state index contributed by atoms with van der Waals surface area (Å²) in [7, 11) is 0. The Labute approximate surface area is 68.6 Å². The number of rotatable bonds is 3. The van der Waals surface area contributed by atoms with E-state index in [1.165, 1.54) is 6.42 Å². The zero-order chi connectivity index (χ0) is 7.61. The molecule has 0 unspecified atom stereocenters. The molecule has 0 aromatic rings. The lowest BCUT2D eigenvalue weighted by Gasteiger charge is -2.41. The Morgan fingerprint density at radius 2 is 2.10 bits per heavy atom. The van der Waals surface area contributed by atoms with E-state index >= 15 is 0 Å². The minimum atomic E-state index is 0.428. The van der Waals surface area contributed by atoms with Gasteiger partial charge in [-0.2, -0.15) is 12.6 Å². The predicted molar refractivity (Wildman–Crippen MR) is 46.6 cm³/mol. The Kier molecular flexibility index (Phi) is 2.64. The molecule has 0 saturated carbocycles. The van der Waals surface area contributed by atoms with E-state index in [0.29, 0.717) is 5.41 Å². The van der Waals surface area contributed by atoms with Gasteiger partial charge in [-0.1, -0.05) is 13.8 Å². The van der Waals surface area contributed by atoms with Gasteiger partial charge in [0.25, 0.3) is 0 Å². The van der Waals surface area contributed by atoms with E-state index in [2.05, 4.69) is 26.5 Å². The molecule has 2 heteroatoms. The van der Waals surface area contributed by atoms with Gasteiger partial charge in [0.2, 0.25) is 0 Å². The van der Waals surface area contributed by atoms with Crippen molar-refractivity contribution in [2.75, 3.05) is 19.0 Å². The maximum atomic E-state index is 5.18. The van der Waals surface area contributed by atoms with E-state index in [4.69, 9.17) is 4.74 Å². The number of hydrogen-bond acceptors (Lipinski definition) is 2. The van der Waals surface area contributed by atoms with Crippen molar-refractivity contribution in [2.24, 2.45) is 11.3 Å². The highest BCUT2D eigenvalue weighted by Gasteiger charge is 2.37. The lowest BCUT2D eigenvalue weighted by Crippen LogP contribution is -2.45. The highest BCUT2D eigenvalue weighted by atomic mass is 32.1. The lowest BCUT2D eigenvalue weighted by atomic mass is 9.80. The number of hydrogen-bond donors (Lipinski definition) is 1. The van der Waals surface area contributed by atoms with Crippen LogP contribution in [0.5, 0.6) is 0 Å². The molecule has 60 valence electrons. The molecule has 0 amide bonds. The molecule has 0 spiro atoms. The van der Waals surface area contributed by atoms with Crippen LogP contribution < -0.4 is 0 Å². The van der Waals surface area contributed by atoms with E-state index < -0.39 is 0 Å². The van der Waals surface area contributed by atoms with Gasteiger partial charge in [0, 0.05) is 11.2 Å². The maximum Gasteiger partial charge on any atom is 0.0552 e. The molecule has 1 nitrogen and oxygen atoms in total. The summed E-state index contributed by atoms with van der Waals surface area (Å²) < 4.78 is 5.18. The van der Waals surface area contributed by atoms with Gasteiger partial charge in [0.05, 0.1) is 13.2 Å². The Morgan fingerprint density at radius 1 is 1.50 bits per heavy atom. The van der Waals surface area contributed by atoms with Crippen LogP contribution in [0.25, 0.3) is 0 Å². The summed E-state index contributed by atoms with van der Waals surface area (Å²) in [6.45, 7) is 6.36. The molecule has 0 aromatic carbocycles. The third kappa shape index (κ3) is 1.67. The van der Waals surface area contributed by atoms with Gasteiger partial charge < -0.3 is 4.74 Å². The van der Waals surface area contributed by atoms with Crippen LogP contribution in [-0.2, 0) is 4.74 Å². The zero-order valence-electron chi connectivity index (χ0n) is 6.76.